The van der Waals surface area contributed by atoms with Gasteiger partial charge in [-0.2, -0.15) is 0 Å². The molecule has 0 aliphatic carbocycles. The third-order valence-electron chi connectivity index (χ3n) is 3.55. The van der Waals surface area contributed by atoms with Gasteiger partial charge in [0.2, 0.25) is 0 Å². The molecule has 2 rings (SSSR count). The summed E-state index contributed by atoms with van der Waals surface area (Å²) in [5, 5.41) is 2.05. The van der Waals surface area contributed by atoms with Crippen LogP contribution in [0, 0.1) is 9.87 Å². The molecular weight excluding hydrogens is 316 g/mol. The highest BCUT2D eigenvalue weighted by molar-refractivity contribution is 7.73. The van der Waals surface area contributed by atoms with Crippen molar-refractivity contribution in [2.45, 2.75) is 32.7 Å². The Morgan fingerprint density at radius 2 is 2.45 bits per heavy atom. The van der Waals surface area contributed by atoms with E-state index in [0.29, 0.717) is 12.5 Å². The second kappa shape index (κ2) is 7.74. The van der Waals surface area contributed by atoms with E-state index in [2.05, 4.69) is 31.5 Å². The Morgan fingerprint density at radius 3 is 3.05 bits per heavy atom. The predicted molar refractivity (Wildman–Crippen MR) is 93.6 cm³/mol. The minimum absolute atomic E-state index is 0.0583. The number of aromatic amines is 1. The molecule has 1 aliphatic rings. The SMILES string of the molecule is C=CCOC(=O)N1CCC(c2csc(=S)[nH]2)=CC1CC(C)C. The summed E-state index contributed by atoms with van der Waals surface area (Å²) in [6.07, 6.45) is 5.22. The number of aromatic nitrogens is 1. The summed E-state index contributed by atoms with van der Waals surface area (Å²) < 4.78 is 5.99. The zero-order valence-corrected chi connectivity index (χ0v) is 14.6. The van der Waals surface area contributed by atoms with Crippen LogP contribution in [0.2, 0.25) is 0 Å². The highest BCUT2D eigenvalue weighted by Crippen LogP contribution is 2.28. The normalized spacial score (nSPS) is 18.2. The summed E-state index contributed by atoms with van der Waals surface area (Å²) >= 11 is 6.69. The molecule has 0 spiro atoms. The van der Waals surface area contributed by atoms with Gasteiger partial charge in [0.05, 0.1) is 11.7 Å². The molecule has 1 atom stereocenters. The van der Waals surface area contributed by atoms with Gasteiger partial charge in [-0.3, -0.25) is 0 Å². The number of carbonyl (C=O) groups is 1. The molecule has 0 saturated heterocycles. The Balaban J connectivity index is 2.20. The van der Waals surface area contributed by atoms with Gasteiger partial charge in [0.1, 0.15) is 6.61 Å². The maximum absolute atomic E-state index is 12.2. The maximum Gasteiger partial charge on any atom is 0.410 e. The van der Waals surface area contributed by atoms with Crippen LogP contribution in [0.1, 0.15) is 32.4 Å². The first kappa shape index (κ1) is 17.0. The van der Waals surface area contributed by atoms with Crippen molar-refractivity contribution >= 4 is 35.2 Å². The molecule has 4 nitrogen and oxygen atoms in total. The zero-order valence-electron chi connectivity index (χ0n) is 13.0. The number of nitrogens with one attached hydrogen (secondary N) is 1. The van der Waals surface area contributed by atoms with Crippen LogP contribution in [0.4, 0.5) is 4.79 Å². The average Bonchev–Trinajstić information content (AvgIpc) is 2.90. The van der Waals surface area contributed by atoms with Crippen molar-refractivity contribution in [2.75, 3.05) is 13.2 Å². The Kier molecular flexibility index (Phi) is 5.97. The summed E-state index contributed by atoms with van der Waals surface area (Å²) in [6.45, 7) is 8.81. The van der Waals surface area contributed by atoms with E-state index < -0.39 is 0 Å². The summed E-state index contributed by atoms with van der Waals surface area (Å²) in [4.78, 5) is 17.2. The molecule has 0 radical (unpaired) electrons. The third kappa shape index (κ3) is 4.30. The standard InChI is InChI=1S/C16H22N2O2S2/c1-4-7-20-16(19)18-6-5-12(9-13(18)8-11(2)3)14-10-22-15(21)17-14/h4,9-11,13H,1,5-8H2,2-3H3,(H,17,21). The zero-order chi connectivity index (χ0) is 16.1. The first-order valence-corrected chi connectivity index (χ1v) is 8.73. The van der Waals surface area contributed by atoms with Gasteiger partial charge in [0, 0.05) is 11.9 Å². The Morgan fingerprint density at radius 1 is 1.68 bits per heavy atom. The van der Waals surface area contributed by atoms with Crippen LogP contribution in [0.5, 0.6) is 0 Å². The van der Waals surface area contributed by atoms with E-state index >= 15 is 0 Å². The van der Waals surface area contributed by atoms with Crippen molar-refractivity contribution in [3.8, 4) is 0 Å². The number of hydrogen-bond donors (Lipinski definition) is 1. The van der Waals surface area contributed by atoms with Gasteiger partial charge in [0.15, 0.2) is 3.95 Å². The molecule has 1 amide bonds. The van der Waals surface area contributed by atoms with Crippen molar-refractivity contribution in [1.82, 2.24) is 9.88 Å². The van der Waals surface area contributed by atoms with Gasteiger partial charge >= 0.3 is 6.09 Å². The topological polar surface area (TPSA) is 45.3 Å². The quantitative estimate of drug-likeness (QED) is 0.629. The van der Waals surface area contributed by atoms with Crippen LogP contribution in [0.15, 0.2) is 24.1 Å². The molecular formula is C16H22N2O2S2. The van der Waals surface area contributed by atoms with E-state index in [0.717, 1.165) is 22.5 Å². The number of ether oxygens (including phenoxy) is 1. The maximum atomic E-state index is 12.2. The van der Waals surface area contributed by atoms with Crippen LogP contribution >= 0.6 is 23.6 Å². The molecule has 1 aromatic heterocycles. The van der Waals surface area contributed by atoms with E-state index in [1.807, 2.05) is 10.3 Å². The second-order valence-electron chi connectivity index (χ2n) is 5.76. The first-order chi connectivity index (χ1) is 10.5. The lowest BCUT2D eigenvalue weighted by Crippen LogP contribution is -2.43. The minimum atomic E-state index is -0.265. The number of nitrogens with zero attached hydrogens (tertiary/aromatic N) is 1. The van der Waals surface area contributed by atoms with Crippen LogP contribution in [-0.4, -0.2) is 35.2 Å². The van der Waals surface area contributed by atoms with E-state index in [-0.39, 0.29) is 18.7 Å². The highest BCUT2D eigenvalue weighted by atomic mass is 32.1. The van der Waals surface area contributed by atoms with Gasteiger partial charge in [-0.1, -0.05) is 32.6 Å². The van der Waals surface area contributed by atoms with Gasteiger partial charge in [-0.25, -0.2) is 4.79 Å². The molecule has 2 heterocycles. The van der Waals surface area contributed by atoms with Crippen molar-refractivity contribution in [1.29, 1.82) is 0 Å². The van der Waals surface area contributed by atoms with Crippen LogP contribution in [-0.2, 0) is 4.74 Å². The number of carbonyl (C=O) groups excluding carboxylic acids is 1. The van der Waals surface area contributed by atoms with E-state index in [9.17, 15) is 4.79 Å². The summed E-state index contributed by atoms with van der Waals surface area (Å²) in [7, 11) is 0. The van der Waals surface area contributed by atoms with Crippen LogP contribution < -0.4 is 0 Å². The lowest BCUT2D eigenvalue weighted by atomic mass is 9.94. The molecule has 0 fully saturated rings. The number of rotatable bonds is 5. The van der Waals surface area contributed by atoms with Crippen LogP contribution in [0.3, 0.4) is 0 Å². The molecule has 0 bridgehead atoms. The van der Waals surface area contributed by atoms with E-state index in [1.165, 1.54) is 16.9 Å². The molecule has 6 heteroatoms. The summed E-state index contributed by atoms with van der Waals surface area (Å²) in [5.41, 5.74) is 2.30. The lowest BCUT2D eigenvalue weighted by molar-refractivity contribution is 0.0978. The lowest BCUT2D eigenvalue weighted by Gasteiger charge is -2.34. The van der Waals surface area contributed by atoms with Crippen LogP contribution in [0.25, 0.3) is 5.57 Å². The van der Waals surface area contributed by atoms with Gasteiger partial charge < -0.3 is 14.6 Å². The minimum Gasteiger partial charge on any atom is -0.445 e. The second-order valence-corrected chi connectivity index (χ2v) is 7.31. The van der Waals surface area contributed by atoms with Crippen molar-refractivity contribution in [3.05, 3.63) is 33.8 Å². The molecule has 120 valence electrons. The molecule has 0 aromatic carbocycles. The molecule has 0 saturated carbocycles. The molecule has 1 N–H and O–H groups in total. The number of hydrogen-bond acceptors (Lipinski definition) is 4. The number of amides is 1. The fourth-order valence-electron chi connectivity index (χ4n) is 2.59. The van der Waals surface area contributed by atoms with Gasteiger partial charge in [-0.05, 0) is 36.6 Å². The molecule has 1 aliphatic heterocycles. The molecule has 1 aromatic rings. The van der Waals surface area contributed by atoms with E-state index in [1.54, 1.807) is 6.08 Å². The first-order valence-electron chi connectivity index (χ1n) is 7.44. The molecule has 22 heavy (non-hydrogen) atoms. The van der Waals surface area contributed by atoms with Crippen molar-refractivity contribution in [2.24, 2.45) is 5.92 Å². The van der Waals surface area contributed by atoms with Crippen molar-refractivity contribution < 1.29 is 9.53 Å². The van der Waals surface area contributed by atoms with Gasteiger partial charge in [0.25, 0.3) is 0 Å². The molecule has 1 unspecified atom stereocenters. The smallest absolute Gasteiger partial charge is 0.410 e. The highest BCUT2D eigenvalue weighted by Gasteiger charge is 2.28. The number of H-pyrrole nitrogens is 1. The predicted octanol–water partition coefficient (Wildman–Crippen LogP) is 4.63. The number of thiazole rings is 1. The van der Waals surface area contributed by atoms with E-state index in [4.69, 9.17) is 17.0 Å². The average molecular weight is 338 g/mol. The third-order valence-corrected chi connectivity index (χ3v) is 4.61. The largest absolute Gasteiger partial charge is 0.445 e. The summed E-state index contributed by atoms with van der Waals surface area (Å²) in [6, 6.07) is 0.0583. The Bertz CT molecular complexity index is 616. The fourth-order valence-corrected chi connectivity index (χ4v) is 3.45. The Labute approximate surface area is 140 Å². The van der Waals surface area contributed by atoms with Gasteiger partial charge in [-0.15, -0.1) is 11.3 Å². The fraction of sp³-hybridized carbons (Fsp3) is 0.500. The monoisotopic (exact) mass is 338 g/mol. The Hall–Kier alpha value is -1.40. The summed E-state index contributed by atoms with van der Waals surface area (Å²) in [5.74, 6) is 0.497. The van der Waals surface area contributed by atoms with Crippen molar-refractivity contribution in [3.63, 3.8) is 0 Å².